The molecule has 0 saturated carbocycles. The molecular formula is C10H13F3N2. The van der Waals surface area contributed by atoms with Crippen LogP contribution in [0.3, 0.4) is 0 Å². The Bertz CT molecular complexity index is 347. The van der Waals surface area contributed by atoms with Crippen LogP contribution >= 0.6 is 0 Å². The van der Waals surface area contributed by atoms with E-state index in [0.717, 1.165) is 6.07 Å². The molecule has 0 aromatic heterocycles. The summed E-state index contributed by atoms with van der Waals surface area (Å²) in [7, 11) is 0. The Hall–Kier alpha value is -1.07. The van der Waals surface area contributed by atoms with Gasteiger partial charge in [0.25, 0.3) is 0 Å². The average molecular weight is 218 g/mol. The van der Waals surface area contributed by atoms with E-state index in [2.05, 4.69) is 0 Å². The summed E-state index contributed by atoms with van der Waals surface area (Å²) in [5, 5.41) is 0. The van der Waals surface area contributed by atoms with E-state index in [-0.39, 0.29) is 12.1 Å². The molecule has 0 aliphatic heterocycles. The molecule has 1 unspecified atom stereocenters. The van der Waals surface area contributed by atoms with Crippen molar-refractivity contribution in [3.05, 3.63) is 34.9 Å². The van der Waals surface area contributed by atoms with Gasteiger partial charge in [0.15, 0.2) is 0 Å². The van der Waals surface area contributed by atoms with Gasteiger partial charge in [0.1, 0.15) is 0 Å². The predicted molar refractivity (Wildman–Crippen MR) is 52.2 cm³/mol. The van der Waals surface area contributed by atoms with Gasteiger partial charge in [-0.1, -0.05) is 12.1 Å². The summed E-state index contributed by atoms with van der Waals surface area (Å²) in [6, 6.07) is 3.41. The van der Waals surface area contributed by atoms with Crippen LogP contribution in [0, 0.1) is 6.92 Å². The minimum Gasteiger partial charge on any atom is -0.329 e. The molecule has 5 heteroatoms. The minimum absolute atomic E-state index is 0.127. The maximum atomic E-state index is 12.5. The van der Waals surface area contributed by atoms with Gasteiger partial charge in [-0.3, -0.25) is 0 Å². The van der Waals surface area contributed by atoms with Gasteiger partial charge in [0.2, 0.25) is 0 Å². The van der Waals surface area contributed by atoms with Gasteiger partial charge in [0, 0.05) is 12.6 Å². The molecule has 0 aliphatic rings. The predicted octanol–water partition coefficient (Wildman–Crippen LogP) is 1.97. The smallest absolute Gasteiger partial charge is 0.329 e. The highest BCUT2D eigenvalue weighted by Crippen LogP contribution is 2.33. The zero-order chi connectivity index (χ0) is 11.6. The summed E-state index contributed by atoms with van der Waals surface area (Å²) in [6.45, 7) is 1.54. The molecule has 1 atom stereocenters. The summed E-state index contributed by atoms with van der Waals surface area (Å²) in [6.07, 6.45) is -4.34. The average Bonchev–Trinajstić information content (AvgIpc) is 2.15. The van der Waals surface area contributed by atoms with Crippen LogP contribution in [-0.4, -0.2) is 6.54 Å². The first-order valence-electron chi connectivity index (χ1n) is 4.50. The molecular weight excluding hydrogens is 205 g/mol. The summed E-state index contributed by atoms with van der Waals surface area (Å²) >= 11 is 0. The van der Waals surface area contributed by atoms with Crippen molar-refractivity contribution in [3.63, 3.8) is 0 Å². The molecule has 1 rings (SSSR count). The summed E-state index contributed by atoms with van der Waals surface area (Å²) in [5.74, 6) is 0. The second-order valence-corrected chi connectivity index (χ2v) is 3.36. The Balaban J connectivity index is 3.23. The lowest BCUT2D eigenvalue weighted by atomic mass is 9.97. The third-order valence-electron chi connectivity index (χ3n) is 2.33. The number of halogens is 3. The van der Waals surface area contributed by atoms with E-state index >= 15 is 0 Å². The van der Waals surface area contributed by atoms with E-state index in [4.69, 9.17) is 11.5 Å². The van der Waals surface area contributed by atoms with Gasteiger partial charge in [-0.15, -0.1) is 0 Å². The van der Waals surface area contributed by atoms with Crippen molar-refractivity contribution < 1.29 is 13.2 Å². The molecule has 1 aromatic carbocycles. The Labute approximate surface area is 86.1 Å². The van der Waals surface area contributed by atoms with Crippen molar-refractivity contribution in [1.82, 2.24) is 0 Å². The monoisotopic (exact) mass is 218 g/mol. The highest BCUT2D eigenvalue weighted by atomic mass is 19.4. The van der Waals surface area contributed by atoms with E-state index in [9.17, 15) is 13.2 Å². The molecule has 1 aromatic rings. The van der Waals surface area contributed by atoms with E-state index < -0.39 is 17.8 Å². The quantitative estimate of drug-likeness (QED) is 0.797. The van der Waals surface area contributed by atoms with Crippen LogP contribution in [0.4, 0.5) is 13.2 Å². The second kappa shape index (κ2) is 4.20. The van der Waals surface area contributed by atoms with Gasteiger partial charge < -0.3 is 11.5 Å². The Kier molecular flexibility index (Phi) is 3.36. The highest BCUT2D eigenvalue weighted by Gasteiger charge is 2.33. The second-order valence-electron chi connectivity index (χ2n) is 3.36. The third-order valence-corrected chi connectivity index (χ3v) is 2.33. The van der Waals surface area contributed by atoms with Crippen molar-refractivity contribution in [2.45, 2.75) is 19.1 Å². The molecule has 0 radical (unpaired) electrons. The van der Waals surface area contributed by atoms with E-state index in [1.54, 1.807) is 6.07 Å². The molecule has 0 heterocycles. The van der Waals surface area contributed by atoms with Gasteiger partial charge in [-0.25, -0.2) is 0 Å². The normalized spacial score (nSPS) is 14.0. The van der Waals surface area contributed by atoms with Gasteiger partial charge in [0.05, 0.1) is 5.56 Å². The summed E-state index contributed by atoms with van der Waals surface area (Å²) < 4.78 is 37.6. The molecule has 0 aliphatic carbocycles. The van der Waals surface area contributed by atoms with E-state index in [1.165, 1.54) is 13.0 Å². The lowest BCUT2D eigenvalue weighted by molar-refractivity contribution is -0.138. The SMILES string of the molecule is Cc1c(C(N)CN)cccc1C(F)(F)F. The number of hydrogen-bond donors (Lipinski definition) is 2. The Morgan fingerprint density at radius 1 is 1.33 bits per heavy atom. The fraction of sp³-hybridized carbons (Fsp3) is 0.400. The highest BCUT2D eigenvalue weighted by molar-refractivity contribution is 5.37. The van der Waals surface area contributed by atoms with Gasteiger partial charge >= 0.3 is 6.18 Å². The van der Waals surface area contributed by atoms with Crippen molar-refractivity contribution in [1.29, 1.82) is 0 Å². The molecule has 0 fully saturated rings. The lowest BCUT2D eigenvalue weighted by Gasteiger charge is -2.17. The van der Waals surface area contributed by atoms with Crippen LogP contribution in [0.2, 0.25) is 0 Å². The van der Waals surface area contributed by atoms with Crippen LogP contribution in [-0.2, 0) is 6.18 Å². The van der Waals surface area contributed by atoms with Crippen LogP contribution in [0.15, 0.2) is 18.2 Å². The number of hydrogen-bond acceptors (Lipinski definition) is 2. The van der Waals surface area contributed by atoms with E-state index in [0.29, 0.717) is 5.56 Å². The van der Waals surface area contributed by atoms with E-state index in [1.807, 2.05) is 0 Å². The number of nitrogens with two attached hydrogens (primary N) is 2. The zero-order valence-electron chi connectivity index (χ0n) is 8.31. The van der Waals surface area contributed by atoms with Crippen LogP contribution in [0.5, 0.6) is 0 Å². The maximum Gasteiger partial charge on any atom is 0.416 e. The molecule has 2 nitrogen and oxygen atoms in total. The largest absolute Gasteiger partial charge is 0.416 e. The third kappa shape index (κ3) is 2.49. The molecule has 15 heavy (non-hydrogen) atoms. The van der Waals surface area contributed by atoms with Gasteiger partial charge in [-0.2, -0.15) is 13.2 Å². The topological polar surface area (TPSA) is 52.0 Å². The first-order valence-corrected chi connectivity index (χ1v) is 4.50. The fourth-order valence-corrected chi connectivity index (χ4v) is 1.49. The molecule has 0 saturated heterocycles. The molecule has 0 bridgehead atoms. The first-order chi connectivity index (χ1) is 6.88. The molecule has 4 N–H and O–H groups in total. The molecule has 0 amide bonds. The standard InChI is InChI=1S/C10H13F3N2/c1-6-7(9(15)5-14)3-2-4-8(6)10(11,12)13/h2-4,9H,5,14-15H2,1H3. The fourth-order valence-electron chi connectivity index (χ4n) is 1.49. The van der Waals surface area contributed by atoms with Crippen LogP contribution in [0.1, 0.15) is 22.7 Å². The van der Waals surface area contributed by atoms with Crippen molar-refractivity contribution >= 4 is 0 Å². The zero-order valence-corrected chi connectivity index (χ0v) is 8.31. The molecule has 0 spiro atoms. The number of rotatable bonds is 2. The minimum atomic E-state index is -4.34. The van der Waals surface area contributed by atoms with Crippen LogP contribution in [0.25, 0.3) is 0 Å². The van der Waals surface area contributed by atoms with Crippen molar-refractivity contribution in [2.75, 3.05) is 6.54 Å². The lowest BCUT2D eigenvalue weighted by Crippen LogP contribution is -2.22. The maximum absolute atomic E-state index is 12.5. The summed E-state index contributed by atoms with van der Waals surface area (Å²) in [4.78, 5) is 0. The number of benzene rings is 1. The Morgan fingerprint density at radius 3 is 2.40 bits per heavy atom. The molecule has 84 valence electrons. The van der Waals surface area contributed by atoms with Crippen LogP contribution < -0.4 is 11.5 Å². The number of alkyl halides is 3. The Morgan fingerprint density at radius 2 is 1.93 bits per heavy atom. The van der Waals surface area contributed by atoms with Crippen molar-refractivity contribution in [2.24, 2.45) is 11.5 Å². The summed E-state index contributed by atoms with van der Waals surface area (Å²) in [5.41, 5.74) is 10.9. The first kappa shape index (κ1) is 12.0. The van der Waals surface area contributed by atoms with Gasteiger partial charge in [-0.05, 0) is 24.1 Å². The van der Waals surface area contributed by atoms with Crippen molar-refractivity contribution in [3.8, 4) is 0 Å².